The summed E-state index contributed by atoms with van der Waals surface area (Å²) in [6.45, 7) is 8.65. The van der Waals surface area contributed by atoms with Crippen molar-refractivity contribution in [3.8, 4) is 11.5 Å². The van der Waals surface area contributed by atoms with Gasteiger partial charge < -0.3 is 9.47 Å². The van der Waals surface area contributed by atoms with Crippen molar-refractivity contribution in [2.24, 2.45) is 4.99 Å². The van der Waals surface area contributed by atoms with E-state index in [0.29, 0.717) is 5.75 Å². The van der Waals surface area contributed by atoms with Crippen molar-refractivity contribution in [1.29, 1.82) is 0 Å². The highest BCUT2D eigenvalue weighted by atomic mass is 16.5. The molecule has 2 aromatic rings. The van der Waals surface area contributed by atoms with Gasteiger partial charge in [0.1, 0.15) is 0 Å². The molecule has 2 rings (SSSR count). The Hall–Kier alpha value is -2.29. The molecule has 0 aliphatic heterocycles. The van der Waals surface area contributed by atoms with Gasteiger partial charge in [-0.05, 0) is 53.3 Å². The summed E-state index contributed by atoms with van der Waals surface area (Å²) in [5.41, 5.74) is 4.51. The molecule has 0 unspecified atom stereocenters. The van der Waals surface area contributed by atoms with Crippen molar-refractivity contribution in [3.05, 3.63) is 53.1 Å². The van der Waals surface area contributed by atoms with Gasteiger partial charge in [0.15, 0.2) is 11.5 Å². The molecule has 23 heavy (non-hydrogen) atoms. The van der Waals surface area contributed by atoms with Gasteiger partial charge in [0.05, 0.1) is 19.9 Å². The Morgan fingerprint density at radius 3 is 2.00 bits per heavy atom. The Kier molecular flexibility index (Phi) is 5.09. The third-order valence-electron chi connectivity index (χ3n) is 3.86. The third-order valence-corrected chi connectivity index (χ3v) is 3.86. The van der Waals surface area contributed by atoms with Crippen molar-refractivity contribution < 1.29 is 9.47 Å². The number of aryl methyl sites for hydroxylation is 1. The molecule has 122 valence electrons. The molecule has 2 aromatic carbocycles. The first kappa shape index (κ1) is 17.1. The van der Waals surface area contributed by atoms with E-state index < -0.39 is 0 Å². The van der Waals surface area contributed by atoms with Gasteiger partial charge in [0.25, 0.3) is 0 Å². The zero-order valence-corrected chi connectivity index (χ0v) is 14.8. The summed E-state index contributed by atoms with van der Waals surface area (Å²) >= 11 is 0. The van der Waals surface area contributed by atoms with Crippen LogP contribution in [0.3, 0.4) is 0 Å². The van der Waals surface area contributed by atoms with Crippen molar-refractivity contribution in [2.45, 2.75) is 33.1 Å². The average Bonchev–Trinajstić information content (AvgIpc) is 2.53. The Balaban J connectivity index is 2.26. The van der Waals surface area contributed by atoms with Crippen LogP contribution >= 0.6 is 0 Å². The summed E-state index contributed by atoms with van der Waals surface area (Å²) in [4.78, 5) is 4.57. The molecule has 0 amide bonds. The fourth-order valence-corrected chi connectivity index (χ4v) is 2.33. The highest BCUT2D eigenvalue weighted by Crippen LogP contribution is 2.30. The lowest BCUT2D eigenvalue weighted by atomic mass is 9.87. The topological polar surface area (TPSA) is 30.8 Å². The van der Waals surface area contributed by atoms with E-state index in [-0.39, 0.29) is 5.41 Å². The molecule has 3 nitrogen and oxygen atoms in total. The highest BCUT2D eigenvalue weighted by molar-refractivity contribution is 5.85. The summed E-state index contributed by atoms with van der Waals surface area (Å²) in [5.74, 6) is 1.44. The fourth-order valence-electron chi connectivity index (χ4n) is 2.33. The van der Waals surface area contributed by atoms with Crippen LogP contribution in [-0.2, 0) is 5.41 Å². The van der Waals surface area contributed by atoms with E-state index in [1.807, 2.05) is 37.4 Å². The van der Waals surface area contributed by atoms with Gasteiger partial charge in [-0.25, -0.2) is 0 Å². The van der Waals surface area contributed by atoms with Crippen LogP contribution in [0, 0.1) is 6.92 Å². The minimum Gasteiger partial charge on any atom is -0.493 e. The van der Waals surface area contributed by atoms with Crippen molar-refractivity contribution in [1.82, 2.24) is 0 Å². The quantitative estimate of drug-likeness (QED) is 0.739. The number of benzene rings is 2. The summed E-state index contributed by atoms with van der Waals surface area (Å²) in [6.07, 6.45) is 1.86. The second kappa shape index (κ2) is 6.86. The zero-order valence-electron chi connectivity index (χ0n) is 14.8. The molecule has 0 N–H and O–H groups in total. The van der Waals surface area contributed by atoms with Gasteiger partial charge in [-0.1, -0.05) is 32.9 Å². The average molecular weight is 311 g/mol. The van der Waals surface area contributed by atoms with Crippen LogP contribution in [0.5, 0.6) is 11.5 Å². The lowest BCUT2D eigenvalue weighted by Crippen LogP contribution is -2.10. The maximum absolute atomic E-state index is 5.35. The van der Waals surface area contributed by atoms with Gasteiger partial charge >= 0.3 is 0 Å². The van der Waals surface area contributed by atoms with E-state index in [2.05, 4.69) is 37.9 Å². The van der Waals surface area contributed by atoms with Crippen LogP contribution in [0.4, 0.5) is 5.69 Å². The van der Waals surface area contributed by atoms with Crippen LogP contribution in [0.25, 0.3) is 0 Å². The molecule has 0 aromatic heterocycles. The molecule has 0 radical (unpaired) electrons. The maximum atomic E-state index is 5.35. The van der Waals surface area contributed by atoms with Crippen LogP contribution in [0.2, 0.25) is 0 Å². The molecule has 0 saturated carbocycles. The normalized spacial score (nSPS) is 11.7. The van der Waals surface area contributed by atoms with Crippen molar-refractivity contribution in [3.63, 3.8) is 0 Å². The second-order valence-corrected chi connectivity index (χ2v) is 6.62. The summed E-state index contributed by atoms with van der Waals surface area (Å²) in [6, 6.07) is 12.3. The molecule has 0 heterocycles. The molecule has 0 bridgehead atoms. The Labute approximate surface area is 139 Å². The zero-order chi connectivity index (χ0) is 17.0. The Morgan fingerprint density at radius 1 is 0.913 bits per heavy atom. The summed E-state index contributed by atoms with van der Waals surface area (Å²) in [7, 11) is 3.28. The van der Waals surface area contributed by atoms with Gasteiger partial charge in [0.2, 0.25) is 0 Å². The maximum Gasteiger partial charge on any atom is 0.161 e. The first-order valence-electron chi connectivity index (χ1n) is 7.72. The van der Waals surface area contributed by atoms with Gasteiger partial charge in [-0.15, -0.1) is 0 Å². The number of hydrogen-bond acceptors (Lipinski definition) is 3. The molecular formula is C20H25NO2. The molecule has 0 saturated heterocycles. The fraction of sp³-hybridized carbons (Fsp3) is 0.350. The lowest BCUT2D eigenvalue weighted by Gasteiger charge is -2.18. The van der Waals surface area contributed by atoms with Gasteiger partial charge in [0, 0.05) is 6.21 Å². The smallest absolute Gasteiger partial charge is 0.161 e. The number of ether oxygens (including phenoxy) is 2. The minimum absolute atomic E-state index is 0.155. The molecular weight excluding hydrogens is 286 g/mol. The standard InChI is InChI=1S/C20H25NO2/c1-14-11-18(22-5)19(23-6)12-15(14)13-21-17-9-7-16(8-10-17)20(2,3)4/h7-13H,1-6H3. The molecule has 0 aliphatic carbocycles. The van der Waals surface area contributed by atoms with E-state index in [0.717, 1.165) is 22.6 Å². The van der Waals surface area contributed by atoms with Gasteiger partial charge in [-0.3, -0.25) is 4.99 Å². The Morgan fingerprint density at radius 2 is 1.48 bits per heavy atom. The molecule has 0 atom stereocenters. The number of aliphatic imine (C=N–C) groups is 1. The number of rotatable bonds is 4. The predicted octanol–water partition coefficient (Wildman–Crippen LogP) is 5.06. The first-order valence-corrected chi connectivity index (χ1v) is 7.72. The van der Waals surface area contributed by atoms with E-state index in [4.69, 9.17) is 9.47 Å². The van der Waals surface area contributed by atoms with Crippen molar-refractivity contribution in [2.75, 3.05) is 14.2 Å². The molecule has 0 aliphatic rings. The van der Waals surface area contributed by atoms with E-state index in [9.17, 15) is 0 Å². The lowest BCUT2D eigenvalue weighted by molar-refractivity contribution is 0.354. The molecule has 3 heteroatoms. The Bertz CT molecular complexity index is 695. The predicted molar refractivity (Wildman–Crippen MR) is 96.7 cm³/mol. The number of nitrogens with zero attached hydrogens (tertiary/aromatic N) is 1. The number of hydrogen-bond donors (Lipinski definition) is 0. The van der Waals surface area contributed by atoms with Crippen LogP contribution in [-0.4, -0.2) is 20.4 Å². The van der Waals surface area contributed by atoms with Crippen molar-refractivity contribution >= 4 is 11.9 Å². The van der Waals surface area contributed by atoms with E-state index in [1.54, 1.807) is 14.2 Å². The first-order chi connectivity index (χ1) is 10.8. The summed E-state index contributed by atoms with van der Waals surface area (Å²) in [5, 5.41) is 0. The highest BCUT2D eigenvalue weighted by Gasteiger charge is 2.12. The van der Waals surface area contributed by atoms with Crippen LogP contribution in [0.15, 0.2) is 41.4 Å². The van der Waals surface area contributed by atoms with Gasteiger partial charge in [-0.2, -0.15) is 0 Å². The van der Waals surface area contributed by atoms with E-state index in [1.165, 1.54) is 5.56 Å². The monoisotopic (exact) mass is 311 g/mol. The molecule has 0 spiro atoms. The van der Waals surface area contributed by atoms with E-state index >= 15 is 0 Å². The third kappa shape index (κ3) is 4.13. The minimum atomic E-state index is 0.155. The van der Waals surface area contributed by atoms with Crippen LogP contribution in [0.1, 0.15) is 37.5 Å². The number of methoxy groups -OCH3 is 2. The summed E-state index contributed by atoms with van der Waals surface area (Å²) < 4.78 is 10.7. The second-order valence-electron chi connectivity index (χ2n) is 6.62. The molecule has 0 fully saturated rings. The van der Waals surface area contributed by atoms with Crippen LogP contribution < -0.4 is 9.47 Å². The largest absolute Gasteiger partial charge is 0.493 e. The SMILES string of the molecule is COc1cc(C)c(C=Nc2ccc(C(C)(C)C)cc2)cc1OC.